The predicted octanol–water partition coefficient (Wildman–Crippen LogP) is 4.06. The van der Waals surface area contributed by atoms with Crippen molar-refractivity contribution in [1.82, 2.24) is 4.90 Å². The lowest BCUT2D eigenvalue weighted by Crippen LogP contribution is -2.32. The van der Waals surface area contributed by atoms with Crippen molar-refractivity contribution in [3.8, 4) is 0 Å². The van der Waals surface area contributed by atoms with Gasteiger partial charge in [-0.2, -0.15) is 0 Å². The Morgan fingerprint density at radius 3 is 2.38 bits per heavy atom. The third kappa shape index (κ3) is 3.87. The summed E-state index contributed by atoms with van der Waals surface area (Å²) in [5.74, 6) is 0.414. The van der Waals surface area contributed by atoms with Gasteiger partial charge in [0, 0.05) is 17.1 Å². The van der Waals surface area contributed by atoms with Gasteiger partial charge in [0.25, 0.3) is 0 Å². The third-order valence-corrected chi connectivity index (χ3v) is 3.47. The summed E-state index contributed by atoms with van der Waals surface area (Å²) in [6.07, 6.45) is 0. The van der Waals surface area contributed by atoms with Gasteiger partial charge in [-0.1, -0.05) is 29.8 Å². The fourth-order valence-electron chi connectivity index (χ4n) is 1.64. The van der Waals surface area contributed by atoms with Crippen LogP contribution in [-0.4, -0.2) is 18.0 Å². The zero-order chi connectivity index (χ0) is 12.3. The van der Waals surface area contributed by atoms with Gasteiger partial charge in [-0.05, 0) is 43.7 Å². The van der Waals surface area contributed by atoms with E-state index < -0.39 is 0 Å². The van der Waals surface area contributed by atoms with Crippen LogP contribution in [0.15, 0.2) is 22.7 Å². The number of hydrogen-bond acceptors (Lipinski definition) is 1. The van der Waals surface area contributed by atoms with Crippen molar-refractivity contribution < 1.29 is 4.39 Å². The van der Waals surface area contributed by atoms with Gasteiger partial charge in [-0.15, -0.1) is 0 Å². The first-order valence-electron chi connectivity index (χ1n) is 5.55. The summed E-state index contributed by atoms with van der Waals surface area (Å²) >= 11 is 3.31. The molecule has 0 amide bonds. The quantitative estimate of drug-likeness (QED) is 0.807. The Bertz CT molecular complexity index is 332. The highest BCUT2D eigenvalue weighted by molar-refractivity contribution is 9.10. The number of benzene rings is 1. The summed E-state index contributed by atoms with van der Waals surface area (Å²) in [7, 11) is 2.07. The molecule has 0 aliphatic heterocycles. The molecule has 0 saturated heterocycles. The van der Waals surface area contributed by atoms with Crippen LogP contribution in [0.4, 0.5) is 4.39 Å². The molecule has 3 heteroatoms. The van der Waals surface area contributed by atoms with Crippen LogP contribution < -0.4 is 0 Å². The first-order chi connectivity index (χ1) is 7.40. The van der Waals surface area contributed by atoms with Crippen LogP contribution in [0.25, 0.3) is 0 Å². The zero-order valence-corrected chi connectivity index (χ0v) is 11.9. The predicted molar refractivity (Wildman–Crippen MR) is 69.9 cm³/mol. The normalized spacial score (nSPS) is 13.5. The van der Waals surface area contributed by atoms with Gasteiger partial charge in [0.2, 0.25) is 0 Å². The highest BCUT2D eigenvalue weighted by Gasteiger charge is 2.13. The topological polar surface area (TPSA) is 3.24 Å². The first-order valence-corrected chi connectivity index (χ1v) is 6.34. The molecule has 0 bridgehead atoms. The Morgan fingerprint density at radius 1 is 1.25 bits per heavy atom. The van der Waals surface area contributed by atoms with Crippen LogP contribution in [0.3, 0.4) is 0 Å². The van der Waals surface area contributed by atoms with Gasteiger partial charge in [0.1, 0.15) is 5.82 Å². The highest BCUT2D eigenvalue weighted by atomic mass is 79.9. The van der Waals surface area contributed by atoms with Crippen LogP contribution in [0.2, 0.25) is 0 Å². The lowest BCUT2D eigenvalue weighted by atomic mass is 10.0. The zero-order valence-electron chi connectivity index (χ0n) is 10.3. The smallest absolute Gasteiger partial charge is 0.124 e. The lowest BCUT2D eigenvalue weighted by molar-refractivity contribution is 0.200. The Kier molecular flexibility index (Phi) is 4.93. The molecule has 0 fully saturated rings. The summed E-state index contributed by atoms with van der Waals surface area (Å²) in [5.41, 5.74) is 1.00. The molecule has 1 nitrogen and oxygen atoms in total. The molecule has 90 valence electrons. The van der Waals surface area contributed by atoms with Gasteiger partial charge >= 0.3 is 0 Å². The SMILES string of the molecule is CC(C)C(C)N(C)Cc1cc(F)cc(Br)c1. The number of rotatable bonds is 4. The molecule has 1 aromatic rings. The van der Waals surface area contributed by atoms with E-state index in [1.807, 2.05) is 6.07 Å². The number of nitrogens with zero attached hydrogens (tertiary/aromatic N) is 1. The maximum absolute atomic E-state index is 13.2. The van der Waals surface area contributed by atoms with Crippen molar-refractivity contribution in [2.45, 2.75) is 33.4 Å². The molecule has 0 spiro atoms. The summed E-state index contributed by atoms with van der Waals surface area (Å²) in [4.78, 5) is 2.24. The second-order valence-electron chi connectivity index (χ2n) is 4.68. The molecule has 16 heavy (non-hydrogen) atoms. The standard InChI is InChI=1S/C13H19BrFN/c1-9(2)10(3)16(4)8-11-5-12(14)7-13(15)6-11/h5-7,9-10H,8H2,1-4H3. The molecule has 0 aliphatic carbocycles. The van der Waals surface area contributed by atoms with Crippen molar-refractivity contribution in [3.63, 3.8) is 0 Å². The maximum atomic E-state index is 13.2. The Labute approximate surface area is 106 Å². The molecule has 1 unspecified atom stereocenters. The molecular weight excluding hydrogens is 269 g/mol. The fourth-order valence-corrected chi connectivity index (χ4v) is 2.16. The molecule has 0 N–H and O–H groups in total. The summed E-state index contributed by atoms with van der Waals surface area (Å²) in [6, 6.07) is 5.53. The molecule has 0 radical (unpaired) electrons. The van der Waals surface area contributed by atoms with Gasteiger partial charge in [0.05, 0.1) is 0 Å². The highest BCUT2D eigenvalue weighted by Crippen LogP contribution is 2.18. The molecule has 1 aromatic carbocycles. The van der Waals surface area contributed by atoms with E-state index in [0.29, 0.717) is 12.0 Å². The summed E-state index contributed by atoms with van der Waals surface area (Å²) < 4.78 is 14.0. The second-order valence-corrected chi connectivity index (χ2v) is 5.59. The van der Waals surface area contributed by atoms with Gasteiger partial charge in [-0.25, -0.2) is 4.39 Å². The first kappa shape index (κ1) is 13.7. The van der Waals surface area contributed by atoms with Crippen molar-refractivity contribution in [2.75, 3.05) is 7.05 Å². The molecule has 0 aliphatic rings. The minimum Gasteiger partial charge on any atom is -0.299 e. The van der Waals surface area contributed by atoms with E-state index in [1.54, 1.807) is 6.07 Å². The van der Waals surface area contributed by atoms with E-state index in [4.69, 9.17) is 0 Å². The molecule has 0 saturated carbocycles. The van der Waals surface area contributed by atoms with E-state index in [9.17, 15) is 4.39 Å². The fraction of sp³-hybridized carbons (Fsp3) is 0.538. The molecule has 1 rings (SSSR count). The van der Waals surface area contributed by atoms with E-state index in [1.165, 1.54) is 6.07 Å². The monoisotopic (exact) mass is 287 g/mol. The maximum Gasteiger partial charge on any atom is 0.124 e. The minimum atomic E-state index is -0.185. The van der Waals surface area contributed by atoms with Crippen LogP contribution in [0, 0.1) is 11.7 Å². The van der Waals surface area contributed by atoms with Gasteiger partial charge in [0.15, 0.2) is 0 Å². The number of halogens is 2. The van der Waals surface area contributed by atoms with Crippen molar-refractivity contribution >= 4 is 15.9 Å². The van der Waals surface area contributed by atoms with E-state index >= 15 is 0 Å². The Balaban J connectivity index is 2.72. The lowest BCUT2D eigenvalue weighted by Gasteiger charge is -2.27. The molecular formula is C13H19BrFN. The van der Waals surface area contributed by atoms with Crippen LogP contribution in [-0.2, 0) is 6.54 Å². The van der Waals surface area contributed by atoms with E-state index in [0.717, 1.165) is 16.6 Å². The van der Waals surface area contributed by atoms with Crippen molar-refractivity contribution in [1.29, 1.82) is 0 Å². The summed E-state index contributed by atoms with van der Waals surface area (Å²) in [6.45, 7) is 7.36. The average Bonchev–Trinajstić information content (AvgIpc) is 2.14. The Morgan fingerprint density at radius 2 is 1.88 bits per heavy atom. The second kappa shape index (κ2) is 5.78. The van der Waals surface area contributed by atoms with Crippen LogP contribution in [0.1, 0.15) is 26.3 Å². The van der Waals surface area contributed by atoms with Gasteiger partial charge in [-0.3, -0.25) is 4.90 Å². The molecule has 0 aromatic heterocycles. The Hall–Kier alpha value is -0.410. The third-order valence-electron chi connectivity index (χ3n) is 3.01. The van der Waals surface area contributed by atoms with E-state index in [-0.39, 0.29) is 5.82 Å². The average molecular weight is 288 g/mol. The van der Waals surface area contributed by atoms with Crippen molar-refractivity contribution in [3.05, 3.63) is 34.1 Å². The molecule has 1 atom stereocenters. The summed E-state index contributed by atoms with van der Waals surface area (Å²) in [5, 5.41) is 0. The van der Waals surface area contributed by atoms with Gasteiger partial charge < -0.3 is 0 Å². The minimum absolute atomic E-state index is 0.185. The van der Waals surface area contributed by atoms with E-state index in [2.05, 4.69) is 48.6 Å². The van der Waals surface area contributed by atoms with Crippen LogP contribution in [0.5, 0.6) is 0 Å². The van der Waals surface area contributed by atoms with Crippen molar-refractivity contribution in [2.24, 2.45) is 5.92 Å². The largest absolute Gasteiger partial charge is 0.299 e. The number of hydrogen-bond donors (Lipinski definition) is 0. The van der Waals surface area contributed by atoms with Crippen LogP contribution >= 0.6 is 15.9 Å². The molecule has 0 heterocycles.